The van der Waals surface area contributed by atoms with E-state index in [1.54, 1.807) is 10.9 Å². The molecule has 0 unspecified atom stereocenters. The summed E-state index contributed by atoms with van der Waals surface area (Å²) in [4.78, 5) is 16.3. The lowest BCUT2D eigenvalue weighted by atomic mass is 10.0. The monoisotopic (exact) mass is 444 g/mol. The van der Waals surface area contributed by atoms with E-state index in [4.69, 9.17) is 4.74 Å². The molecule has 5 rings (SSSR count). The predicted molar refractivity (Wildman–Crippen MR) is 117 cm³/mol. The summed E-state index contributed by atoms with van der Waals surface area (Å²) in [6, 6.07) is 8.41. The number of halogens is 2. The van der Waals surface area contributed by atoms with Gasteiger partial charge in [-0.05, 0) is 49.9 Å². The molecule has 32 heavy (non-hydrogen) atoms. The molecular formula is C24H30F2N4O2. The van der Waals surface area contributed by atoms with Gasteiger partial charge in [0.05, 0.1) is 24.0 Å². The predicted octanol–water partition coefficient (Wildman–Crippen LogP) is 4.14. The minimum absolute atomic E-state index is 0.0721. The molecule has 8 heteroatoms. The Morgan fingerprint density at radius 1 is 1.03 bits per heavy atom. The Morgan fingerprint density at radius 3 is 2.41 bits per heavy atom. The molecule has 2 aromatic rings. The highest BCUT2D eigenvalue weighted by molar-refractivity contribution is 5.94. The van der Waals surface area contributed by atoms with Gasteiger partial charge in [-0.1, -0.05) is 12.8 Å². The van der Waals surface area contributed by atoms with E-state index < -0.39 is 18.4 Å². The molecule has 0 spiro atoms. The summed E-state index contributed by atoms with van der Waals surface area (Å²) in [5.74, 6) is -2.37. The van der Waals surface area contributed by atoms with Crippen LogP contribution in [0.1, 0.15) is 55.3 Å². The average molecular weight is 445 g/mol. The number of alkyl halides is 2. The van der Waals surface area contributed by atoms with Crippen LogP contribution in [-0.2, 0) is 0 Å². The van der Waals surface area contributed by atoms with Crippen molar-refractivity contribution < 1.29 is 18.3 Å². The van der Waals surface area contributed by atoms with Gasteiger partial charge >= 0.3 is 0 Å². The van der Waals surface area contributed by atoms with E-state index in [1.165, 1.54) is 36.8 Å². The molecule has 0 bridgehead atoms. The van der Waals surface area contributed by atoms with Crippen LogP contribution in [0, 0.1) is 0 Å². The Labute approximate surface area is 187 Å². The molecule has 1 amide bonds. The molecule has 1 saturated carbocycles. The van der Waals surface area contributed by atoms with Crippen LogP contribution in [0.25, 0.3) is 5.69 Å². The van der Waals surface area contributed by atoms with Crippen LogP contribution >= 0.6 is 0 Å². The van der Waals surface area contributed by atoms with Gasteiger partial charge in [-0.3, -0.25) is 4.79 Å². The molecule has 2 saturated heterocycles. The van der Waals surface area contributed by atoms with Crippen molar-refractivity contribution in [2.75, 3.05) is 26.2 Å². The number of hydrogen-bond acceptors (Lipinski definition) is 4. The van der Waals surface area contributed by atoms with Crippen LogP contribution in [0.4, 0.5) is 8.78 Å². The number of aromatic nitrogens is 2. The average Bonchev–Trinajstić information content (AvgIpc) is 3.55. The van der Waals surface area contributed by atoms with Crippen molar-refractivity contribution in [3.05, 3.63) is 42.2 Å². The van der Waals surface area contributed by atoms with Gasteiger partial charge in [-0.25, -0.2) is 13.5 Å². The molecule has 172 valence electrons. The van der Waals surface area contributed by atoms with Crippen molar-refractivity contribution >= 4 is 5.91 Å². The summed E-state index contributed by atoms with van der Waals surface area (Å²) in [6.45, 7) is 1.77. The van der Waals surface area contributed by atoms with E-state index in [2.05, 4.69) is 10.00 Å². The van der Waals surface area contributed by atoms with E-state index in [9.17, 15) is 13.6 Å². The third-order valence-electron chi connectivity index (χ3n) is 7.01. The largest absolute Gasteiger partial charge is 0.490 e. The molecule has 1 aliphatic carbocycles. The minimum Gasteiger partial charge on any atom is -0.490 e. The highest BCUT2D eigenvalue weighted by atomic mass is 19.3. The number of nitrogens with zero attached hydrogens (tertiary/aromatic N) is 4. The zero-order valence-corrected chi connectivity index (χ0v) is 18.3. The van der Waals surface area contributed by atoms with Crippen molar-refractivity contribution in [2.24, 2.45) is 0 Å². The van der Waals surface area contributed by atoms with Crippen molar-refractivity contribution in [2.45, 2.75) is 63.0 Å². The van der Waals surface area contributed by atoms with E-state index in [1.807, 2.05) is 24.3 Å². The van der Waals surface area contributed by atoms with E-state index in [0.29, 0.717) is 5.56 Å². The van der Waals surface area contributed by atoms with Crippen molar-refractivity contribution in [3.63, 3.8) is 0 Å². The summed E-state index contributed by atoms with van der Waals surface area (Å²) in [6.07, 6.45) is 10.5. The van der Waals surface area contributed by atoms with Crippen LogP contribution in [-0.4, -0.2) is 69.7 Å². The highest BCUT2D eigenvalue weighted by Crippen LogP contribution is 2.29. The maximum absolute atomic E-state index is 13.4. The Balaban J connectivity index is 1.15. The number of ether oxygens (including phenoxy) is 1. The van der Waals surface area contributed by atoms with Crippen LogP contribution in [0.15, 0.2) is 36.7 Å². The second-order valence-electron chi connectivity index (χ2n) is 9.29. The second kappa shape index (κ2) is 8.81. The molecule has 0 atom stereocenters. The molecule has 1 aromatic heterocycles. The first kappa shape index (κ1) is 21.4. The molecule has 3 heterocycles. The summed E-state index contributed by atoms with van der Waals surface area (Å²) >= 11 is 0. The SMILES string of the molecule is O=C(c1cnn(-c2ccc(OC3CCN(C4CCCC4)CC3)cc2)c1)N1CCC(F)(F)C1. The van der Waals surface area contributed by atoms with Gasteiger partial charge in [0.15, 0.2) is 0 Å². The van der Waals surface area contributed by atoms with E-state index in [-0.39, 0.29) is 19.1 Å². The molecule has 1 aromatic carbocycles. The topological polar surface area (TPSA) is 50.6 Å². The summed E-state index contributed by atoms with van der Waals surface area (Å²) in [5, 5.41) is 4.24. The lowest BCUT2D eigenvalue weighted by molar-refractivity contribution is 0.0120. The molecule has 6 nitrogen and oxygen atoms in total. The third-order valence-corrected chi connectivity index (χ3v) is 7.01. The number of benzene rings is 1. The van der Waals surface area contributed by atoms with Gasteiger partial charge in [-0.15, -0.1) is 0 Å². The summed E-state index contributed by atoms with van der Waals surface area (Å²) < 4.78 is 34.6. The first-order valence-electron chi connectivity index (χ1n) is 11.7. The normalized spacial score (nSPS) is 22.5. The number of rotatable bonds is 5. The molecule has 3 aliphatic rings. The molecular weight excluding hydrogens is 414 g/mol. The third kappa shape index (κ3) is 4.65. The molecule has 0 N–H and O–H groups in total. The van der Waals surface area contributed by atoms with Crippen molar-refractivity contribution in [1.82, 2.24) is 19.6 Å². The number of amides is 1. The van der Waals surface area contributed by atoms with Crippen LogP contribution in [0.5, 0.6) is 5.75 Å². The standard InChI is InChI=1S/C24H30F2N4O2/c25-24(26)11-14-29(17-24)23(31)18-15-27-30(16-18)20-5-7-21(8-6-20)32-22-9-12-28(13-10-22)19-3-1-2-4-19/h5-8,15-16,19,22H,1-4,9-14,17H2. The van der Waals surface area contributed by atoms with Crippen LogP contribution in [0.3, 0.4) is 0 Å². The Bertz CT molecular complexity index is 932. The fourth-order valence-corrected chi connectivity index (χ4v) is 5.16. The van der Waals surface area contributed by atoms with E-state index >= 15 is 0 Å². The van der Waals surface area contributed by atoms with Gasteiger partial charge < -0.3 is 14.5 Å². The lowest BCUT2D eigenvalue weighted by Gasteiger charge is -2.36. The maximum atomic E-state index is 13.4. The first-order chi connectivity index (χ1) is 15.5. The Morgan fingerprint density at radius 2 is 1.75 bits per heavy atom. The van der Waals surface area contributed by atoms with Gasteiger partial charge in [0.25, 0.3) is 11.8 Å². The first-order valence-corrected chi connectivity index (χ1v) is 11.7. The minimum atomic E-state index is -2.80. The van der Waals surface area contributed by atoms with Gasteiger partial charge in [0, 0.05) is 38.3 Å². The fourth-order valence-electron chi connectivity index (χ4n) is 5.16. The quantitative estimate of drug-likeness (QED) is 0.696. The Kier molecular flexibility index (Phi) is 5.88. The second-order valence-corrected chi connectivity index (χ2v) is 9.29. The smallest absolute Gasteiger partial charge is 0.267 e. The number of likely N-dealkylation sites (tertiary alicyclic amines) is 2. The maximum Gasteiger partial charge on any atom is 0.267 e. The summed E-state index contributed by atoms with van der Waals surface area (Å²) in [7, 11) is 0. The van der Waals surface area contributed by atoms with Gasteiger partial charge in [-0.2, -0.15) is 5.10 Å². The number of carbonyl (C=O) groups excluding carboxylic acids is 1. The summed E-state index contributed by atoms with van der Waals surface area (Å²) in [5.41, 5.74) is 1.11. The van der Waals surface area contributed by atoms with Crippen molar-refractivity contribution in [1.29, 1.82) is 0 Å². The van der Waals surface area contributed by atoms with Crippen LogP contribution in [0.2, 0.25) is 0 Å². The molecule has 0 radical (unpaired) electrons. The highest BCUT2D eigenvalue weighted by Gasteiger charge is 2.40. The molecule has 2 aliphatic heterocycles. The van der Waals surface area contributed by atoms with E-state index in [0.717, 1.165) is 43.4 Å². The van der Waals surface area contributed by atoms with Gasteiger partial charge in [0.1, 0.15) is 11.9 Å². The number of carbonyl (C=O) groups is 1. The fraction of sp³-hybridized carbons (Fsp3) is 0.583. The zero-order valence-electron chi connectivity index (χ0n) is 18.3. The molecule has 3 fully saturated rings. The Hall–Kier alpha value is -2.48. The zero-order chi connectivity index (χ0) is 22.1. The number of hydrogen-bond donors (Lipinski definition) is 0. The van der Waals surface area contributed by atoms with Crippen LogP contribution < -0.4 is 4.74 Å². The van der Waals surface area contributed by atoms with Crippen molar-refractivity contribution in [3.8, 4) is 11.4 Å². The lowest BCUT2D eigenvalue weighted by Crippen LogP contribution is -2.43. The number of piperidine rings is 1. The van der Waals surface area contributed by atoms with Gasteiger partial charge in [0.2, 0.25) is 0 Å².